The SMILES string of the molecule is CC/C=C\C/C=C\C/C=C\C/C=C\C/C=C\C/C=C\C/C=C\C/C=C\C/C=C\CCCC(=O)OC(COC(=O)CCCCCCCCCCCCCCCCCCCCCCC/C=C\C/C=C\CCCCCCC)COC(OCC[N+](C)(C)C)C(=O)O. The van der Waals surface area contributed by atoms with Gasteiger partial charge in [-0.3, -0.25) is 9.59 Å². The van der Waals surface area contributed by atoms with E-state index >= 15 is 0 Å². The third kappa shape index (κ3) is 68.8. The number of nitrogens with zero attached hydrogens (tertiary/aromatic N) is 1. The molecule has 0 aromatic carbocycles. The number of carboxylic acid groups (broad SMARTS) is 1. The number of hydrogen-bond acceptors (Lipinski definition) is 7. The van der Waals surface area contributed by atoms with Crippen molar-refractivity contribution < 1.29 is 42.9 Å². The van der Waals surface area contributed by atoms with Crippen LogP contribution in [0.4, 0.5) is 0 Å². The molecule has 9 heteroatoms. The minimum absolute atomic E-state index is 0.171. The summed E-state index contributed by atoms with van der Waals surface area (Å²) < 4.78 is 22.9. The number of ether oxygens (including phenoxy) is 4. The summed E-state index contributed by atoms with van der Waals surface area (Å²) >= 11 is 0. The average molecular weight is 1210 g/mol. The molecular formula is C78H132NO8+. The number of aliphatic carboxylic acids is 1. The molecule has 9 nitrogen and oxygen atoms in total. The molecule has 0 bridgehead atoms. The Labute approximate surface area is 535 Å². The van der Waals surface area contributed by atoms with E-state index in [0.717, 1.165) is 83.5 Å². The highest BCUT2D eigenvalue weighted by Gasteiger charge is 2.25. The van der Waals surface area contributed by atoms with E-state index < -0.39 is 24.3 Å². The van der Waals surface area contributed by atoms with Gasteiger partial charge in [-0.2, -0.15) is 0 Å². The molecule has 496 valence electrons. The monoisotopic (exact) mass is 1210 g/mol. The largest absolute Gasteiger partial charge is 0.477 e. The summed E-state index contributed by atoms with van der Waals surface area (Å²) in [5.41, 5.74) is 0. The lowest BCUT2D eigenvalue weighted by molar-refractivity contribution is -0.870. The number of carboxylic acids is 1. The van der Waals surface area contributed by atoms with Gasteiger partial charge < -0.3 is 28.5 Å². The molecule has 1 N–H and O–H groups in total. The van der Waals surface area contributed by atoms with E-state index in [2.05, 4.69) is 148 Å². The maximum Gasteiger partial charge on any atom is 0.361 e. The van der Waals surface area contributed by atoms with E-state index in [4.69, 9.17) is 18.9 Å². The van der Waals surface area contributed by atoms with Gasteiger partial charge >= 0.3 is 17.9 Å². The molecule has 0 saturated heterocycles. The van der Waals surface area contributed by atoms with Crippen LogP contribution < -0.4 is 0 Å². The number of unbranched alkanes of at least 4 members (excludes halogenated alkanes) is 27. The van der Waals surface area contributed by atoms with Crippen LogP contribution in [0.5, 0.6) is 0 Å². The quantitative estimate of drug-likeness (QED) is 0.0211. The first-order valence-electron chi connectivity index (χ1n) is 35.3. The van der Waals surface area contributed by atoms with Gasteiger partial charge in [0.2, 0.25) is 0 Å². The Morgan fingerprint density at radius 3 is 1.01 bits per heavy atom. The number of allylic oxidation sites excluding steroid dienone is 22. The average Bonchev–Trinajstić information content (AvgIpc) is 3.57. The van der Waals surface area contributed by atoms with Crippen LogP contribution in [0.1, 0.15) is 284 Å². The van der Waals surface area contributed by atoms with Crippen LogP contribution in [0.25, 0.3) is 0 Å². The number of likely N-dealkylation sites (N-methyl/N-ethyl adjacent to an activating group) is 1. The van der Waals surface area contributed by atoms with Gasteiger partial charge in [0.25, 0.3) is 6.29 Å². The van der Waals surface area contributed by atoms with Crippen molar-refractivity contribution in [2.75, 3.05) is 47.5 Å². The molecule has 0 aliphatic carbocycles. The Morgan fingerprint density at radius 1 is 0.356 bits per heavy atom. The van der Waals surface area contributed by atoms with Crippen molar-refractivity contribution in [1.29, 1.82) is 0 Å². The summed E-state index contributed by atoms with van der Waals surface area (Å²) in [6, 6.07) is 0. The highest BCUT2D eigenvalue weighted by Crippen LogP contribution is 2.17. The van der Waals surface area contributed by atoms with E-state index in [-0.39, 0.29) is 38.6 Å². The third-order valence-electron chi connectivity index (χ3n) is 14.9. The number of carbonyl (C=O) groups is 3. The topological polar surface area (TPSA) is 108 Å². The minimum Gasteiger partial charge on any atom is -0.477 e. The van der Waals surface area contributed by atoms with Crippen LogP contribution in [0, 0.1) is 0 Å². The Bertz CT molecular complexity index is 1890. The molecule has 0 aliphatic rings. The number of hydrogen-bond donors (Lipinski definition) is 1. The van der Waals surface area contributed by atoms with Gasteiger partial charge in [0, 0.05) is 12.8 Å². The van der Waals surface area contributed by atoms with Crippen molar-refractivity contribution in [3.05, 3.63) is 134 Å². The minimum atomic E-state index is -1.53. The lowest BCUT2D eigenvalue weighted by Gasteiger charge is -2.25. The summed E-state index contributed by atoms with van der Waals surface area (Å²) in [5.74, 6) is -2.09. The summed E-state index contributed by atoms with van der Waals surface area (Å²) in [7, 11) is 5.95. The van der Waals surface area contributed by atoms with E-state index in [1.54, 1.807) is 0 Å². The second-order valence-corrected chi connectivity index (χ2v) is 24.5. The maximum atomic E-state index is 12.9. The predicted molar refractivity (Wildman–Crippen MR) is 373 cm³/mol. The van der Waals surface area contributed by atoms with Crippen LogP contribution in [-0.2, 0) is 33.3 Å². The lowest BCUT2D eigenvalue weighted by Crippen LogP contribution is -2.40. The van der Waals surface area contributed by atoms with E-state index in [1.165, 1.54) is 161 Å². The Hall–Kier alpha value is -4.57. The lowest BCUT2D eigenvalue weighted by atomic mass is 10.0. The molecule has 0 rings (SSSR count). The summed E-state index contributed by atoms with van der Waals surface area (Å²) in [6.45, 7) is 4.70. The fourth-order valence-corrected chi connectivity index (χ4v) is 9.52. The van der Waals surface area contributed by atoms with E-state index in [0.29, 0.717) is 23.9 Å². The first kappa shape index (κ1) is 82.4. The molecule has 0 fully saturated rings. The first-order valence-corrected chi connectivity index (χ1v) is 35.3. The van der Waals surface area contributed by atoms with Gasteiger partial charge in [-0.25, -0.2) is 4.79 Å². The molecule has 0 aromatic rings. The van der Waals surface area contributed by atoms with Crippen LogP contribution in [0.2, 0.25) is 0 Å². The predicted octanol–water partition coefficient (Wildman–Crippen LogP) is 22.1. The van der Waals surface area contributed by atoms with Crippen molar-refractivity contribution in [3.8, 4) is 0 Å². The third-order valence-corrected chi connectivity index (χ3v) is 14.9. The maximum absolute atomic E-state index is 12.9. The van der Waals surface area contributed by atoms with E-state index in [1.807, 2.05) is 21.1 Å². The number of rotatable bonds is 64. The Kier molecular flexibility index (Phi) is 63.8. The Balaban J connectivity index is 4.20. The van der Waals surface area contributed by atoms with Crippen molar-refractivity contribution in [2.24, 2.45) is 0 Å². The normalized spacial score (nSPS) is 13.5. The number of quaternary nitrogens is 1. The molecular weight excluding hydrogens is 1080 g/mol. The second-order valence-electron chi connectivity index (χ2n) is 24.5. The van der Waals surface area contributed by atoms with Crippen LogP contribution in [0.15, 0.2) is 134 Å². The molecule has 87 heavy (non-hydrogen) atoms. The molecule has 2 unspecified atom stereocenters. The number of esters is 2. The molecule has 2 atom stereocenters. The molecule has 0 heterocycles. The highest BCUT2D eigenvalue weighted by molar-refractivity contribution is 5.71. The first-order chi connectivity index (χ1) is 42.6. The van der Waals surface area contributed by atoms with Crippen molar-refractivity contribution in [1.82, 2.24) is 0 Å². The van der Waals surface area contributed by atoms with E-state index in [9.17, 15) is 19.5 Å². The molecule has 0 saturated carbocycles. The summed E-state index contributed by atoms with van der Waals surface area (Å²) in [6.07, 6.45) is 94.4. The van der Waals surface area contributed by atoms with Crippen molar-refractivity contribution >= 4 is 17.9 Å². The summed E-state index contributed by atoms with van der Waals surface area (Å²) in [5, 5.41) is 9.74. The second kappa shape index (κ2) is 67.4. The van der Waals surface area contributed by atoms with Gasteiger partial charge in [0.05, 0.1) is 34.4 Å². The number of carbonyl (C=O) groups excluding carboxylic acids is 2. The van der Waals surface area contributed by atoms with Crippen LogP contribution in [0.3, 0.4) is 0 Å². The zero-order valence-corrected chi connectivity index (χ0v) is 56.6. The standard InChI is InChI=1S/C78H131NO8/c1-6-8-10-12-14-16-18-20-22-24-26-28-30-32-34-36-37-38-39-41-42-44-46-48-50-52-54-56-58-60-62-64-66-68-75(80)85-72-74(73-86-78(77(82)83)84-71-70-79(3,4)5)87-76(81)69-67-65-63-61-59-57-55-53-51-49-47-45-43-40-35-33-31-29-27-25-23-21-19-17-15-13-11-9-7-2/h9,11,15,17-18,20-21,23-24,26-27,29,33,35,43,45,49,51,55,57,61,63,74,78H,6-8,10,12-14,16,19,22,25,28,30-32,34,36-42,44,46-48,50,52-54,56,58-60,62,64-73H2,1-5H3/p+1/b11-9-,17-15-,20-18-,23-21-,26-24-,29-27-,35-33-,45-43-,51-49-,57-55-,63-61-. The fraction of sp³-hybridized carbons (Fsp3) is 0.679. The zero-order valence-electron chi connectivity index (χ0n) is 56.6. The van der Waals surface area contributed by atoms with Crippen molar-refractivity contribution in [3.63, 3.8) is 0 Å². The van der Waals surface area contributed by atoms with Crippen LogP contribution in [-0.4, -0.2) is 87.4 Å². The van der Waals surface area contributed by atoms with Crippen LogP contribution >= 0.6 is 0 Å². The van der Waals surface area contributed by atoms with Gasteiger partial charge in [0.1, 0.15) is 13.2 Å². The molecule has 0 spiro atoms. The van der Waals surface area contributed by atoms with Gasteiger partial charge in [0.15, 0.2) is 6.10 Å². The van der Waals surface area contributed by atoms with Gasteiger partial charge in [-0.15, -0.1) is 0 Å². The smallest absolute Gasteiger partial charge is 0.361 e. The molecule has 0 amide bonds. The van der Waals surface area contributed by atoms with Crippen molar-refractivity contribution in [2.45, 2.75) is 296 Å². The molecule has 0 aliphatic heterocycles. The fourth-order valence-electron chi connectivity index (χ4n) is 9.52. The molecule has 0 radical (unpaired) electrons. The van der Waals surface area contributed by atoms with Gasteiger partial charge in [-0.1, -0.05) is 295 Å². The summed E-state index contributed by atoms with van der Waals surface area (Å²) in [4.78, 5) is 37.6. The highest BCUT2D eigenvalue weighted by atomic mass is 16.7. The van der Waals surface area contributed by atoms with Gasteiger partial charge in [-0.05, 0) is 109 Å². The zero-order chi connectivity index (χ0) is 63.3. The Morgan fingerprint density at radius 2 is 0.667 bits per heavy atom. The molecule has 0 aromatic heterocycles.